The van der Waals surface area contributed by atoms with E-state index in [1.54, 1.807) is 24.3 Å². The van der Waals surface area contributed by atoms with Crippen LogP contribution in [0.15, 0.2) is 48.5 Å². The molecule has 0 amide bonds. The third kappa shape index (κ3) is 2.45. The van der Waals surface area contributed by atoms with Crippen molar-refractivity contribution in [1.29, 1.82) is 0 Å². The minimum Gasteiger partial charge on any atom is -0.508 e. The Morgan fingerprint density at radius 2 is 1.05 bits per heavy atom. The predicted molar refractivity (Wildman–Crippen MR) is 82.6 cm³/mol. The van der Waals surface area contributed by atoms with Crippen LogP contribution >= 0.6 is 0 Å². The fourth-order valence-electron chi connectivity index (χ4n) is 3.52. The normalized spacial score (nSPS) is 19.7. The van der Waals surface area contributed by atoms with E-state index in [1.807, 2.05) is 24.3 Å². The van der Waals surface area contributed by atoms with E-state index in [9.17, 15) is 20.4 Å². The molecule has 1 aliphatic carbocycles. The summed E-state index contributed by atoms with van der Waals surface area (Å²) in [5, 5.41) is 40.3. The van der Waals surface area contributed by atoms with Crippen molar-refractivity contribution in [2.24, 2.45) is 0 Å². The Labute approximate surface area is 129 Å². The molecule has 1 aliphatic rings. The van der Waals surface area contributed by atoms with Crippen LogP contribution in [0.3, 0.4) is 0 Å². The van der Waals surface area contributed by atoms with Gasteiger partial charge >= 0.3 is 0 Å². The highest BCUT2D eigenvalue weighted by atomic mass is 16.5. The third-order valence-corrected chi connectivity index (χ3v) is 4.74. The summed E-state index contributed by atoms with van der Waals surface area (Å²) in [6.07, 6.45) is 1.26. The number of hydrogen-bond acceptors (Lipinski definition) is 4. The highest BCUT2D eigenvalue weighted by molar-refractivity contribution is 5.51. The van der Waals surface area contributed by atoms with Crippen LogP contribution in [0.5, 0.6) is 11.5 Å². The van der Waals surface area contributed by atoms with E-state index in [1.165, 1.54) is 0 Å². The van der Waals surface area contributed by atoms with Crippen LogP contribution < -0.4 is 0 Å². The number of aliphatic hydroxyl groups is 2. The Hall–Kier alpha value is -2.04. The topological polar surface area (TPSA) is 80.9 Å². The second-order valence-electron chi connectivity index (χ2n) is 6.10. The van der Waals surface area contributed by atoms with Gasteiger partial charge in [-0.25, -0.2) is 0 Å². The maximum Gasteiger partial charge on any atom is 0.162 e. The van der Waals surface area contributed by atoms with Crippen molar-refractivity contribution in [1.82, 2.24) is 0 Å². The molecule has 116 valence electrons. The fourth-order valence-corrected chi connectivity index (χ4v) is 3.52. The lowest BCUT2D eigenvalue weighted by Gasteiger charge is -2.43. The summed E-state index contributed by atoms with van der Waals surface area (Å²) < 4.78 is 0. The van der Waals surface area contributed by atoms with Crippen molar-refractivity contribution in [3.05, 3.63) is 59.7 Å². The highest BCUT2D eigenvalue weighted by Crippen LogP contribution is 2.51. The zero-order valence-electron chi connectivity index (χ0n) is 12.2. The summed E-state index contributed by atoms with van der Waals surface area (Å²) in [4.78, 5) is 0. The summed E-state index contributed by atoms with van der Waals surface area (Å²) >= 11 is 0. The van der Waals surface area contributed by atoms with Crippen LogP contribution in [0.1, 0.15) is 36.8 Å². The second kappa shape index (κ2) is 5.30. The van der Waals surface area contributed by atoms with Gasteiger partial charge in [-0.15, -0.1) is 0 Å². The number of rotatable bonds is 2. The van der Waals surface area contributed by atoms with Gasteiger partial charge in [0.05, 0.1) is 0 Å². The molecule has 2 aromatic rings. The van der Waals surface area contributed by atoms with Crippen LogP contribution in [0.25, 0.3) is 0 Å². The molecule has 0 atom stereocenters. The van der Waals surface area contributed by atoms with Crippen LogP contribution in [-0.2, 0) is 5.41 Å². The molecular formula is C18H20O4. The number of para-hydroxylation sites is 2. The number of benzene rings is 2. The van der Waals surface area contributed by atoms with E-state index in [-0.39, 0.29) is 24.3 Å². The first-order valence-corrected chi connectivity index (χ1v) is 7.46. The largest absolute Gasteiger partial charge is 0.508 e. The molecule has 1 fully saturated rings. The molecule has 0 aliphatic heterocycles. The SMILES string of the molecule is Oc1ccccc1C1(c2ccccc2O)CCC(O)(O)CC1. The van der Waals surface area contributed by atoms with E-state index in [0.29, 0.717) is 24.0 Å². The van der Waals surface area contributed by atoms with E-state index < -0.39 is 11.2 Å². The molecule has 0 aromatic heterocycles. The summed E-state index contributed by atoms with van der Waals surface area (Å²) in [7, 11) is 0. The maximum absolute atomic E-state index is 10.3. The summed E-state index contributed by atoms with van der Waals surface area (Å²) in [6, 6.07) is 14.1. The summed E-state index contributed by atoms with van der Waals surface area (Å²) in [5.41, 5.74) is 0.810. The van der Waals surface area contributed by atoms with Crippen LogP contribution in [0.2, 0.25) is 0 Å². The van der Waals surface area contributed by atoms with Crippen molar-refractivity contribution in [3.63, 3.8) is 0 Å². The van der Waals surface area contributed by atoms with Crippen molar-refractivity contribution in [3.8, 4) is 11.5 Å². The summed E-state index contributed by atoms with van der Waals surface area (Å²) in [5.74, 6) is -1.36. The Bertz CT molecular complexity index is 621. The van der Waals surface area contributed by atoms with Gasteiger partial charge in [0, 0.05) is 29.4 Å². The average molecular weight is 300 g/mol. The molecule has 3 rings (SSSR count). The zero-order valence-corrected chi connectivity index (χ0v) is 12.2. The molecule has 0 bridgehead atoms. The fraction of sp³-hybridized carbons (Fsp3) is 0.333. The van der Waals surface area contributed by atoms with Gasteiger partial charge in [0.25, 0.3) is 0 Å². The Morgan fingerprint density at radius 1 is 0.636 bits per heavy atom. The number of phenolic OH excluding ortho intramolecular Hbond substituents is 2. The molecule has 4 nitrogen and oxygen atoms in total. The van der Waals surface area contributed by atoms with Gasteiger partial charge in [-0.1, -0.05) is 36.4 Å². The molecule has 0 spiro atoms. The van der Waals surface area contributed by atoms with Crippen molar-refractivity contribution >= 4 is 0 Å². The van der Waals surface area contributed by atoms with Gasteiger partial charge in [0.2, 0.25) is 0 Å². The van der Waals surface area contributed by atoms with Gasteiger partial charge in [0.1, 0.15) is 11.5 Å². The van der Waals surface area contributed by atoms with Crippen molar-refractivity contribution in [2.75, 3.05) is 0 Å². The smallest absolute Gasteiger partial charge is 0.162 e. The van der Waals surface area contributed by atoms with Gasteiger partial charge in [0.15, 0.2) is 5.79 Å². The highest BCUT2D eigenvalue weighted by Gasteiger charge is 2.45. The minimum atomic E-state index is -1.68. The first kappa shape index (κ1) is 14.9. The third-order valence-electron chi connectivity index (χ3n) is 4.74. The predicted octanol–water partition coefficient (Wildman–Crippen LogP) is 2.64. The quantitative estimate of drug-likeness (QED) is 0.643. The molecule has 4 heteroatoms. The molecule has 22 heavy (non-hydrogen) atoms. The monoisotopic (exact) mass is 300 g/mol. The molecule has 0 radical (unpaired) electrons. The molecule has 0 unspecified atom stereocenters. The maximum atomic E-state index is 10.3. The van der Waals surface area contributed by atoms with E-state index in [4.69, 9.17) is 0 Å². The minimum absolute atomic E-state index is 0.161. The van der Waals surface area contributed by atoms with Crippen LogP contribution in [-0.4, -0.2) is 26.2 Å². The molecule has 0 heterocycles. The second-order valence-corrected chi connectivity index (χ2v) is 6.10. The first-order chi connectivity index (χ1) is 10.4. The lowest BCUT2D eigenvalue weighted by Crippen LogP contribution is -2.41. The molecule has 0 saturated heterocycles. The Kier molecular flexibility index (Phi) is 3.59. The Balaban J connectivity index is 2.16. The molecule has 4 N–H and O–H groups in total. The van der Waals surface area contributed by atoms with Crippen LogP contribution in [0.4, 0.5) is 0 Å². The standard InChI is InChI=1S/C18H20O4/c19-15-7-3-1-5-13(15)17(9-11-18(21,22)12-10-17)14-6-2-4-8-16(14)20/h1-8,19-22H,9-12H2. The molecule has 2 aromatic carbocycles. The molecular weight excluding hydrogens is 280 g/mol. The Morgan fingerprint density at radius 3 is 1.45 bits per heavy atom. The van der Waals surface area contributed by atoms with E-state index >= 15 is 0 Å². The van der Waals surface area contributed by atoms with Crippen molar-refractivity contribution < 1.29 is 20.4 Å². The van der Waals surface area contributed by atoms with Gasteiger partial charge < -0.3 is 20.4 Å². The van der Waals surface area contributed by atoms with Gasteiger partial charge in [-0.3, -0.25) is 0 Å². The van der Waals surface area contributed by atoms with E-state index in [0.717, 1.165) is 0 Å². The van der Waals surface area contributed by atoms with E-state index in [2.05, 4.69) is 0 Å². The van der Waals surface area contributed by atoms with Gasteiger partial charge in [-0.2, -0.15) is 0 Å². The number of aromatic hydroxyl groups is 2. The van der Waals surface area contributed by atoms with Gasteiger partial charge in [-0.05, 0) is 25.0 Å². The van der Waals surface area contributed by atoms with Crippen molar-refractivity contribution in [2.45, 2.75) is 36.9 Å². The molecule has 1 saturated carbocycles. The number of phenols is 2. The van der Waals surface area contributed by atoms with Crippen LogP contribution in [0, 0.1) is 0 Å². The lowest BCUT2D eigenvalue weighted by atomic mass is 9.63. The zero-order chi connectivity index (χ0) is 15.8. The lowest BCUT2D eigenvalue weighted by molar-refractivity contribution is -0.186. The number of hydrogen-bond donors (Lipinski definition) is 4. The average Bonchev–Trinajstić information content (AvgIpc) is 2.50. The first-order valence-electron chi connectivity index (χ1n) is 7.46. The summed E-state index contributed by atoms with van der Waals surface area (Å²) in [6.45, 7) is 0.